The molecule has 0 radical (unpaired) electrons. The van der Waals surface area contributed by atoms with Gasteiger partial charge in [0.2, 0.25) is 5.91 Å². The number of carbonyl (C=O) groups is 1. The molecule has 0 saturated carbocycles. The second-order valence-corrected chi connectivity index (χ2v) is 11.4. The summed E-state index contributed by atoms with van der Waals surface area (Å²) < 4.78 is 54.1. The Balaban J connectivity index is 0.00000255. The van der Waals surface area contributed by atoms with Gasteiger partial charge in [-0.1, -0.05) is 102 Å². The molecule has 0 atom stereocenters. The molecular weight excluding hydrogens is 656 g/mol. The Labute approximate surface area is 285 Å². The average molecular weight is 693 g/mol. The SMILES string of the molecule is COc1cc(OCc2ccc(C)cc2)ccc1CN(CC(F)(F)F)C(=O)C1(CCCCN=[N+]=[N-])c2ccccc2-c2ccccc21.P=S. The van der Waals surface area contributed by atoms with E-state index in [1.165, 1.54) is 7.11 Å². The van der Waals surface area contributed by atoms with Gasteiger partial charge < -0.3 is 14.4 Å². The highest BCUT2D eigenvalue weighted by Gasteiger charge is 2.51. The van der Waals surface area contributed by atoms with Crippen molar-refractivity contribution < 1.29 is 27.4 Å². The largest absolute Gasteiger partial charge is 0.496 e. The molecule has 0 saturated heterocycles. The zero-order valence-corrected chi connectivity index (χ0v) is 28.5. The third-order valence-electron chi connectivity index (χ3n) is 8.36. The second-order valence-electron chi connectivity index (χ2n) is 11.4. The molecule has 5 rings (SSSR count). The number of unbranched alkanes of at least 4 members (excludes halogenated alkanes) is 1. The molecule has 4 aromatic rings. The predicted octanol–water partition coefficient (Wildman–Crippen LogP) is 9.51. The van der Waals surface area contributed by atoms with Crippen LogP contribution in [-0.2, 0) is 35.2 Å². The highest BCUT2D eigenvalue weighted by molar-refractivity contribution is 7.88. The van der Waals surface area contributed by atoms with Gasteiger partial charge in [0.25, 0.3) is 0 Å². The van der Waals surface area contributed by atoms with Crippen molar-refractivity contribution in [1.29, 1.82) is 0 Å². The van der Waals surface area contributed by atoms with Crippen LogP contribution in [0.1, 0.15) is 47.1 Å². The van der Waals surface area contributed by atoms with Crippen LogP contribution < -0.4 is 9.47 Å². The molecule has 0 aromatic heterocycles. The summed E-state index contributed by atoms with van der Waals surface area (Å²) in [5.74, 6) is 0.162. The number of nitrogens with zero attached hydrogens (tertiary/aromatic N) is 4. The zero-order chi connectivity index (χ0) is 34.7. The summed E-state index contributed by atoms with van der Waals surface area (Å²) in [5.41, 5.74) is 12.9. The van der Waals surface area contributed by atoms with Crippen LogP contribution in [0.4, 0.5) is 13.2 Å². The Bertz CT molecular complexity index is 1720. The van der Waals surface area contributed by atoms with E-state index in [4.69, 9.17) is 15.0 Å². The summed E-state index contributed by atoms with van der Waals surface area (Å²) in [4.78, 5) is 18.5. The van der Waals surface area contributed by atoms with E-state index in [1.807, 2.05) is 67.6 Å². The fourth-order valence-electron chi connectivity index (χ4n) is 6.24. The number of carbonyl (C=O) groups excluding carboxylic acids is 1. The third-order valence-corrected chi connectivity index (χ3v) is 8.36. The molecule has 0 spiro atoms. The summed E-state index contributed by atoms with van der Waals surface area (Å²) in [7, 11) is 3.99. The fraction of sp³-hybridized carbons (Fsp3) is 0.306. The van der Waals surface area contributed by atoms with Crippen molar-refractivity contribution in [2.24, 2.45) is 5.11 Å². The minimum absolute atomic E-state index is 0.228. The van der Waals surface area contributed by atoms with Crippen molar-refractivity contribution >= 4 is 25.7 Å². The summed E-state index contributed by atoms with van der Waals surface area (Å²) in [5, 5.41) is 3.60. The van der Waals surface area contributed by atoms with Crippen LogP contribution >= 0.6 is 8.02 Å². The van der Waals surface area contributed by atoms with Crippen LogP contribution in [-0.4, -0.2) is 37.2 Å². The monoisotopic (exact) mass is 692 g/mol. The first kappa shape index (κ1) is 36.4. The smallest absolute Gasteiger partial charge is 0.406 e. The Morgan fingerprint density at radius 2 is 1.58 bits per heavy atom. The van der Waals surface area contributed by atoms with Crippen molar-refractivity contribution in [2.45, 2.75) is 50.9 Å². The number of halogens is 3. The number of azide groups is 1. The molecule has 0 heterocycles. The molecule has 0 bridgehead atoms. The molecule has 48 heavy (non-hydrogen) atoms. The number of aryl methyl sites for hydroxylation is 1. The van der Waals surface area contributed by atoms with E-state index in [-0.39, 0.29) is 19.5 Å². The highest BCUT2D eigenvalue weighted by Crippen LogP contribution is 2.52. The fourth-order valence-corrected chi connectivity index (χ4v) is 6.24. The normalized spacial score (nSPS) is 12.4. The predicted molar refractivity (Wildman–Crippen MR) is 186 cm³/mol. The van der Waals surface area contributed by atoms with Gasteiger partial charge in [-0.2, -0.15) is 13.2 Å². The van der Waals surface area contributed by atoms with Crippen LogP contribution in [0.15, 0.2) is 96.1 Å². The van der Waals surface area contributed by atoms with E-state index in [1.54, 1.807) is 30.3 Å². The molecular formula is C36H36F3N4O3PS. The Morgan fingerprint density at radius 3 is 2.17 bits per heavy atom. The van der Waals surface area contributed by atoms with Crippen molar-refractivity contribution in [3.05, 3.63) is 129 Å². The van der Waals surface area contributed by atoms with Gasteiger partial charge in [-0.3, -0.25) is 4.79 Å². The lowest BCUT2D eigenvalue weighted by Crippen LogP contribution is -2.49. The Morgan fingerprint density at radius 1 is 0.958 bits per heavy atom. The van der Waals surface area contributed by atoms with E-state index >= 15 is 0 Å². The summed E-state index contributed by atoms with van der Waals surface area (Å²) in [6.07, 6.45) is -3.46. The molecule has 12 heteroatoms. The number of alkyl halides is 3. The number of hydrogen-bond acceptors (Lipinski definition) is 5. The zero-order valence-electron chi connectivity index (χ0n) is 26.7. The summed E-state index contributed by atoms with van der Waals surface area (Å²) in [6, 6.07) is 27.6. The van der Waals surface area contributed by atoms with Gasteiger partial charge in [-0.05, 0) is 73.3 Å². The van der Waals surface area contributed by atoms with Crippen LogP contribution in [0.25, 0.3) is 21.6 Å². The van der Waals surface area contributed by atoms with Gasteiger partial charge in [0.05, 0.1) is 7.11 Å². The first-order chi connectivity index (χ1) is 23.2. The van der Waals surface area contributed by atoms with Gasteiger partial charge in [-0.15, -0.1) is 0 Å². The van der Waals surface area contributed by atoms with E-state index in [0.717, 1.165) is 27.2 Å². The first-order valence-electron chi connectivity index (χ1n) is 15.3. The molecule has 1 aliphatic rings. The molecule has 0 aliphatic heterocycles. The second kappa shape index (κ2) is 16.6. The maximum absolute atomic E-state index is 14.8. The minimum atomic E-state index is -4.65. The maximum Gasteiger partial charge on any atom is 0.406 e. The van der Waals surface area contributed by atoms with Crippen LogP contribution in [0.5, 0.6) is 11.5 Å². The van der Waals surface area contributed by atoms with E-state index in [9.17, 15) is 18.0 Å². The van der Waals surface area contributed by atoms with Crippen LogP contribution in [0.3, 0.4) is 0 Å². The quantitative estimate of drug-likeness (QED) is 0.0459. The van der Waals surface area contributed by atoms with Crippen molar-refractivity contribution in [3.8, 4) is 22.6 Å². The number of ether oxygens (including phenoxy) is 2. The Kier molecular flexibility index (Phi) is 12.6. The molecule has 0 N–H and O–H groups in total. The summed E-state index contributed by atoms with van der Waals surface area (Å²) >= 11 is 3.89. The maximum atomic E-state index is 14.8. The Hall–Kier alpha value is -4.43. The van der Waals surface area contributed by atoms with Gasteiger partial charge in [0.15, 0.2) is 0 Å². The number of rotatable bonds is 13. The van der Waals surface area contributed by atoms with E-state index in [2.05, 4.69) is 29.8 Å². The number of fused-ring (bicyclic) bond motifs is 3. The standard InChI is InChI=1S/C36H35F3N4O3.HPS/c1-25-13-15-26(16-14-25)23-46-28-18-17-27(33(21-28)45-2)22-43(24-36(37,38)39)34(44)35(19-7-8-20-41-42-40)31-11-5-3-9-29(31)30-10-4-6-12-32(30)35;1-2/h3-6,9-18,21H,7-8,19-20,22-24H2,1-2H3;1H. The van der Waals surface area contributed by atoms with Crippen molar-refractivity contribution in [2.75, 3.05) is 20.2 Å². The first-order valence-corrected chi connectivity index (χ1v) is 16.9. The van der Waals surface area contributed by atoms with Crippen LogP contribution in [0.2, 0.25) is 0 Å². The minimum Gasteiger partial charge on any atom is -0.496 e. The topological polar surface area (TPSA) is 87.5 Å². The van der Waals surface area contributed by atoms with Gasteiger partial charge >= 0.3 is 6.18 Å². The van der Waals surface area contributed by atoms with E-state index < -0.39 is 24.0 Å². The summed E-state index contributed by atoms with van der Waals surface area (Å²) in [6.45, 7) is 0.767. The van der Waals surface area contributed by atoms with Crippen LogP contribution in [0, 0.1) is 6.92 Å². The third kappa shape index (κ3) is 8.34. The molecule has 1 aliphatic carbocycles. The lowest BCUT2D eigenvalue weighted by Gasteiger charge is -2.37. The van der Waals surface area contributed by atoms with E-state index in [0.29, 0.717) is 47.6 Å². The van der Waals surface area contributed by atoms with Gasteiger partial charge in [-0.25, -0.2) is 0 Å². The molecule has 0 unspecified atom stereocenters. The lowest BCUT2D eigenvalue weighted by molar-refractivity contribution is -0.165. The molecule has 7 nitrogen and oxygen atoms in total. The molecule has 250 valence electrons. The number of hydrogen-bond donors (Lipinski definition) is 0. The number of methoxy groups -OCH3 is 1. The number of amides is 1. The number of benzene rings is 4. The highest BCUT2D eigenvalue weighted by atomic mass is 32.4. The lowest BCUT2D eigenvalue weighted by atomic mass is 9.73. The van der Waals surface area contributed by atoms with Crippen molar-refractivity contribution in [1.82, 2.24) is 4.90 Å². The molecule has 1 amide bonds. The molecule has 4 aromatic carbocycles. The molecule has 0 fully saturated rings. The average Bonchev–Trinajstić information content (AvgIpc) is 3.38. The van der Waals surface area contributed by atoms with Gasteiger partial charge in [0, 0.05) is 29.6 Å². The van der Waals surface area contributed by atoms with Crippen molar-refractivity contribution in [3.63, 3.8) is 0 Å². The van der Waals surface area contributed by atoms with Gasteiger partial charge in [0.1, 0.15) is 30.1 Å².